The van der Waals surface area contributed by atoms with E-state index in [1.54, 1.807) is 0 Å². The third-order valence-electron chi connectivity index (χ3n) is 5.06. The Morgan fingerprint density at radius 3 is 2.48 bits per heavy atom. The fourth-order valence-electron chi connectivity index (χ4n) is 3.41. The Labute approximate surface area is 171 Å². The number of H-pyrrole nitrogens is 1. The maximum Gasteiger partial charge on any atom is 0.251 e. The van der Waals surface area contributed by atoms with Gasteiger partial charge in [0.2, 0.25) is 0 Å². The second kappa shape index (κ2) is 8.21. The van der Waals surface area contributed by atoms with Gasteiger partial charge < -0.3 is 10.2 Å². The molecule has 1 aliphatic rings. The molecule has 8 heteroatoms. The molecule has 2 heterocycles. The molecule has 5 nitrogen and oxygen atoms in total. The lowest BCUT2D eigenvalue weighted by atomic mass is 10.0. The van der Waals surface area contributed by atoms with Crippen molar-refractivity contribution in [2.24, 2.45) is 0 Å². The molecule has 2 N–H and O–H groups in total. The van der Waals surface area contributed by atoms with Gasteiger partial charge in [0.05, 0.1) is 5.69 Å². The largest absolute Gasteiger partial charge is 0.355 e. The number of aromatic amines is 1. The molecule has 1 amide bonds. The molecule has 1 fully saturated rings. The normalized spacial score (nSPS) is 14.8. The predicted molar refractivity (Wildman–Crippen MR) is 108 cm³/mol. The summed E-state index contributed by atoms with van der Waals surface area (Å²) >= 11 is 5.93. The van der Waals surface area contributed by atoms with E-state index < -0.39 is 17.5 Å². The van der Waals surface area contributed by atoms with Crippen LogP contribution in [0.5, 0.6) is 0 Å². The van der Waals surface area contributed by atoms with E-state index in [-0.39, 0.29) is 11.6 Å². The van der Waals surface area contributed by atoms with Crippen molar-refractivity contribution in [3.63, 3.8) is 0 Å². The summed E-state index contributed by atoms with van der Waals surface area (Å²) in [6, 6.07) is 12.6. The number of aromatic nitrogens is 2. The third-order valence-corrected chi connectivity index (χ3v) is 5.31. The Morgan fingerprint density at radius 2 is 1.79 bits per heavy atom. The van der Waals surface area contributed by atoms with Crippen molar-refractivity contribution in [2.75, 3.05) is 18.0 Å². The van der Waals surface area contributed by atoms with Crippen LogP contribution in [0.15, 0.2) is 48.5 Å². The van der Waals surface area contributed by atoms with E-state index in [9.17, 15) is 13.6 Å². The number of rotatable bonds is 4. The zero-order valence-corrected chi connectivity index (χ0v) is 16.2. The number of anilines is 1. The summed E-state index contributed by atoms with van der Waals surface area (Å²) in [6.07, 6.45) is 1.47. The van der Waals surface area contributed by atoms with E-state index in [1.165, 1.54) is 6.07 Å². The molecule has 150 valence electrons. The molecule has 0 bridgehead atoms. The SMILES string of the molecule is O=C(NC1CCN(c2cc(-c3ccc(Cl)cc3)[nH]n2)CC1)c1ccc(F)c(F)c1. The van der Waals surface area contributed by atoms with Gasteiger partial charge in [0, 0.05) is 35.8 Å². The Balaban J connectivity index is 1.34. The molecule has 0 radical (unpaired) electrons. The number of hydrogen-bond acceptors (Lipinski definition) is 3. The van der Waals surface area contributed by atoms with Gasteiger partial charge >= 0.3 is 0 Å². The average molecular weight is 417 g/mol. The maximum atomic E-state index is 13.3. The minimum absolute atomic E-state index is 0.0264. The van der Waals surface area contributed by atoms with Crippen LogP contribution >= 0.6 is 11.6 Å². The summed E-state index contributed by atoms with van der Waals surface area (Å²) in [7, 11) is 0. The van der Waals surface area contributed by atoms with Crippen molar-refractivity contribution in [3.05, 3.63) is 70.8 Å². The van der Waals surface area contributed by atoms with Gasteiger partial charge in [-0.05, 0) is 48.7 Å². The molecule has 3 aromatic rings. The smallest absolute Gasteiger partial charge is 0.251 e. The number of hydrogen-bond donors (Lipinski definition) is 2. The first-order chi connectivity index (χ1) is 14.0. The topological polar surface area (TPSA) is 61.0 Å². The lowest BCUT2D eigenvalue weighted by Gasteiger charge is -2.32. The molecular formula is C21H19ClF2N4O. The molecule has 1 aromatic heterocycles. The van der Waals surface area contributed by atoms with Gasteiger partial charge in [-0.25, -0.2) is 8.78 Å². The minimum atomic E-state index is -1.03. The lowest BCUT2D eigenvalue weighted by Crippen LogP contribution is -2.44. The molecule has 2 aromatic carbocycles. The van der Waals surface area contributed by atoms with Crippen LogP contribution in [0.3, 0.4) is 0 Å². The van der Waals surface area contributed by atoms with Crippen molar-refractivity contribution in [1.82, 2.24) is 15.5 Å². The average Bonchev–Trinajstić information content (AvgIpc) is 3.21. The monoisotopic (exact) mass is 416 g/mol. The van der Waals surface area contributed by atoms with Crippen LogP contribution in [0.1, 0.15) is 23.2 Å². The van der Waals surface area contributed by atoms with Crippen LogP contribution < -0.4 is 10.2 Å². The minimum Gasteiger partial charge on any atom is -0.355 e. The van der Waals surface area contributed by atoms with Crippen LogP contribution in [-0.2, 0) is 0 Å². The second-order valence-corrected chi connectivity index (χ2v) is 7.45. The quantitative estimate of drug-likeness (QED) is 0.662. The lowest BCUT2D eigenvalue weighted by molar-refractivity contribution is 0.0930. The van der Waals surface area contributed by atoms with Gasteiger partial charge in [0.15, 0.2) is 17.5 Å². The van der Waals surface area contributed by atoms with Crippen molar-refractivity contribution < 1.29 is 13.6 Å². The van der Waals surface area contributed by atoms with Crippen molar-refractivity contribution in [1.29, 1.82) is 0 Å². The van der Waals surface area contributed by atoms with Gasteiger partial charge in [0.25, 0.3) is 5.91 Å². The fraction of sp³-hybridized carbons (Fsp3) is 0.238. The zero-order chi connectivity index (χ0) is 20.4. The van der Waals surface area contributed by atoms with E-state index in [4.69, 9.17) is 11.6 Å². The predicted octanol–water partition coefficient (Wildman–Crippen LogP) is 4.41. The Morgan fingerprint density at radius 1 is 1.07 bits per heavy atom. The van der Waals surface area contributed by atoms with Crippen molar-refractivity contribution in [2.45, 2.75) is 18.9 Å². The number of amides is 1. The summed E-state index contributed by atoms with van der Waals surface area (Å²) in [4.78, 5) is 14.4. The van der Waals surface area contributed by atoms with E-state index in [2.05, 4.69) is 20.4 Å². The Hall–Kier alpha value is -2.93. The first kappa shape index (κ1) is 19.4. The Bertz CT molecular complexity index is 1010. The number of benzene rings is 2. The van der Waals surface area contributed by atoms with E-state index in [0.717, 1.165) is 55.1 Å². The summed E-state index contributed by atoms with van der Waals surface area (Å²) in [5.41, 5.74) is 2.03. The summed E-state index contributed by atoms with van der Waals surface area (Å²) in [6.45, 7) is 1.46. The fourth-order valence-corrected chi connectivity index (χ4v) is 3.54. The van der Waals surface area contributed by atoms with Crippen LogP contribution in [0.25, 0.3) is 11.3 Å². The molecule has 0 saturated carbocycles. The number of carbonyl (C=O) groups is 1. The summed E-state index contributed by atoms with van der Waals surface area (Å²) in [5, 5.41) is 11.0. The van der Waals surface area contributed by atoms with Gasteiger partial charge in [-0.15, -0.1) is 0 Å². The first-order valence-corrected chi connectivity index (χ1v) is 9.69. The van der Waals surface area contributed by atoms with Gasteiger partial charge in [-0.3, -0.25) is 9.89 Å². The highest BCUT2D eigenvalue weighted by Gasteiger charge is 2.23. The van der Waals surface area contributed by atoms with Crippen molar-refractivity contribution >= 4 is 23.3 Å². The second-order valence-electron chi connectivity index (χ2n) is 7.01. The maximum absolute atomic E-state index is 13.3. The number of nitrogens with one attached hydrogen (secondary N) is 2. The van der Waals surface area contributed by atoms with E-state index >= 15 is 0 Å². The Kier molecular flexibility index (Phi) is 5.49. The zero-order valence-electron chi connectivity index (χ0n) is 15.5. The third kappa shape index (κ3) is 4.40. The standard InChI is InChI=1S/C21H19ClF2N4O/c22-15-4-1-13(2-5-15)19-12-20(27-26-19)28-9-7-16(8-10-28)25-21(29)14-3-6-17(23)18(24)11-14/h1-6,11-12,16H,7-10H2,(H,25,29)(H,26,27). The molecule has 0 aliphatic carbocycles. The number of halogens is 3. The number of piperidine rings is 1. The summed E-state index contributed by atoms with van der Waals surface area (Å²) < 4.78 is 26.3. The van der Waals surface area contributed by atoms with Crippen molar-refractivity contribution in [3.8, 4) is 11.3 Å². The number of carbonyl (C=O) groups excluding carboxylic acids is 1. The van der Waals surface area contributed by atoms with Crippen LogP contribution in [0, 0.1) is 11.6 Å². The molecule has 0 unspecified atom stereocenters. The van der Waals surface area contributed by atoms with E-state index in [0.29, 0.717) is 5.02 Å². The number of nitrogens with zero attached hydrogens (tertiary/aromatic N) is 2. The highest BCUT2D eigenvalue weighted by atomic mass is 35.5. The molecule has 0 atom stereocenters. The first-order valence-electron chi connectivity index (χ1n) is 9.32. The van der Waals surface area contributed by atoms with Gasteiger partial charge in [-0.2, -0.15) is 5.10 Å². The van der Waals surface area contributed by atoms with Crippen LogP contribution in [0.2, 0.25) is 5.02 Å². The molecule has 1 saturated heterocycles. The van der Waals surface area contributed by atoms with Gasteiger partial charge in [0.1, 0.15) is 0 Å². The molecule has 4 rings (SSSR count). The van der Waals surface area contributed by atoms with Gasteiger partial charge in [-0.1, -0.05) is 23.7 Å². The summed E-state index contributed by atoms with van der Waals surface area (Å²) in [5.74, 6) is -1.54. The highest BCUT2D eigenvalue weighted by Crippen LogP contribution is 2.25. The molecule has 0 spiro atoms. The highest BCUT2D eigenvalue weighted by molar-refractivity contribution is 6.30. The van der Waals surface area contributed by atoms with Crippen LogP contribution in [0.4, 0.5) is 14.6 Å². The molecular weight excluding hydrogens is 398 g/mol. The molecule has 29 heavy (non-hydrogen) atoms. The molecule has 1 aliphatic heterocycles. The van der Waals surface area contributed by atoms with Crippen LogP contribution in [-0.4, -0.2) is 35.2 Å². The van der Waals surface area contributed by atoms with E-state index in [1.807, 2.05) is 30.3 Å².